The maximum absolute atomic E-state index is 11.6. The van der Waals surface area contributed by atoms with Crippen LogP contribution in [0.25, 0.3) is 0 Å². The first-order valence-electron chi connectivity index (χ1n) is 5.35. The Bertz CT molecular complexity index is 355. The summed E-state index contributed by atoms with van der Waals surface area (Å²) in [5.41, 5.74) is 0.998. The van der Waals surface area contributed by atoms with Gasteiger partial charge < -0.3 is 9.64 Å². The van der Waals surface area contributed by atoms with Crippen molar-refractivity contribution < 1.29 is 9.53 Å². The third-order valence-electron chi connectivity index (χ3n) is 2.59. The number of amides is 1. The van der Waals surface area contributed by atoms with Gasteiger partial charge in [-0.05, 0) is 12.0 Å². The van der Waals surface area contributed by atoms with Gasteiger partial charge in [0, 0.05) is 13.1 Å². The van der Waals surface area contributed by atoms with E-state index in [0.717, 1.165) is 12.0 Å². The first-order chi connectivity index (χ1) is 7.75. The van der Waals surface area contributed by atoms with Gasteiger partial charge in [0.1, 0.15) is 6.61 Å². The van der Waals surface area contributed by atoms with Crippen LogP contribution >= 0.6 is 11.6 Å². The van der Waals surface area contributed by atoms with Gasteiger partial charge in [0.25, 0.3) is 0 Å². The third-order valence-corrected chi connectivity index (χ3v) is 2.95. The molecular formula is C12H14ClNO2. The minimum atomic E-state index is -0.271. The van der Waals surface area contributed by atoms with Gasteiger partial charge >= 0.3 is 6.09 Å². The zero-order chi connectivity index (χ0) is 11.4. The summed E-state index contributed by atoms with van der Waals surface area (Å²) in [6, 6.07) is 9.65. The molecule has 1 aromatic carbocycles. The summed E-state index contributed by atoms with van der Waals surface area (Å²) in [4.78, 5) is 13.3. The van der Waals surface area contributed by atoms with Crippen molar-refractivity contribution >= 4 is 17.7 Å². The molecule has 0 spiro atoms. The van der Waals surface area contributed by atoms with Crippen molar-refractivity contribution in [3.8, 4) is 0 Å². The molecule has 1 saturated heterocycles. The molecule has 1 aromatic rings. The van der Waals surface area contributed by atoms with Crippen LogP contribution in [0.5, 0.6) is 0 Å². The second kappa shape index (κ2) is 5.21. The van der Waals surface area contributed by atoms with Gasteiger partial charge in [-0.2, -0.15) is 0 Å². The number of rotatable bonds is 2. The molecule has 0 radical (unpaired) electrons. The third kappa shape index (κ3) is 2.89. The molecule has 2 rings (SSSR count). The Hall–Kier alpha value is -1.22. The van der Waals surface area contributed by atoms with E-state index in [1.807, 2.05) is 30.3 Å². The Morgan fingerprint density at radius 3 is 2.81 bits per heavy atom. The van der Waals surface area contributed by atoms with E-state index in [1.54, 1.807) is 4.90 Å². The number of halogens is 1. The lowest BCUT2D eigenvalue weighted by Gasteiger charge is -2.15. The van der Waals surface area contributed by atoms with E-state index in [-0.39, 0.29) is 11.5 Å². The Morgan fingerprint density at radius 2 is 2.19 bits per heavy atom. The van der Waals surface area contributed by atoms with Crippen molar-refractivity contribution in [2.75, 3.05) is 13.1 Å². The first-order valence-corrected chi connectivity index (χ1v) is 5.79. The topological polar surface area (TPSA) is 29.5 Å². The molecule has 0 saturated carbocycles. The summed E-state index contributed by atoms with van der Waals surface area (Å²) < 4.78 is 5.19. The number of hydrogen-bond acceptors (Lipinski definition) is 2. The predicted octanol–water partition coefficient (Wildman–Crippen LogP) is 2.64. The fourth-order valence-electron chi connectivity index (χ4n) is 1.69. The summed E-state index contributed by atoms with van der Waals surface area (Å²) in [5.74, 6) is 0. The molecule has 1 amide bonds. The fraction of sp³-hybridized carbons (Fsp3) is 0.417. The summed E-state index contributed by atoms with van der Waals surface area (Å²) in [6.07, 6.45) is 0.578. The lowest BCUT2D eigenvalue weighted by molar-refractivity contribution is 0.104. The molecule has 0 bridgehead atoms. The maximum Gasteiger partial charge on any atom is 0.410 e. The van der Waals surface area contributed by atoms with Crippen molar-refractivity contribution in [3.05, 3.63) is 35.9 Å². The van der Waals surface area contributed by atoms with E-state index in [4.69, 9.17) is 16.3 Å². The number of hydrogen-bond donors (Lipinski definition) is 0. The first kappa shape index (κ1) is 11.3. The highest BCUT2D eigenvalue weighted by Gasteiger charge is 2.25. The van der Waals surface area contributed by atoms with E-state index in [0.29, 0.717) is 19.7 Å². The molecule has 0 aromatic heterocycles. The van der Waals surface area contributed by atoms with Crippen LogP contribution in [0.3, 0.4) is 0 Å². The molecule has 1 atom stereocenters. The predicted molar refractivity (Wildman–Crippen MR) is 62.5 cm³/mol. The van der Waals surface area contributed by atoms with Gasteiger partial charge in [-0.25, -0.2) is 4.79 Å². The van der Waals surface area contributed by atoms with Crippen molar-refractivity contribution in [1.29, 1.82) is 0 Å². The second-order valence-corrected chi connectivity index (χ2v) is 4.49. The monoisotopic (exact) mass is 239 g/mol. The normalized spacial score (nSPS) is 19.8. The largest absolute Gasteiger partial charge is 0.445 e. The van der Waals surface area contributed by atoms with Gasteiger partial charge in [-0.1, -0.05) is 30.3 Å². The molecule has 1 fully saturated rings. The average molecular weight is 240 g/mol. The van der Waals surface area contributed by atoms with Crippen LogP contribution < -0.4 is 0 Å². The highest BCUT2D eigenvalue weighted by atomic mass is 35.5. The highest BCUT2D eigenvalue weighted by Crippen LogP contribution is 2.15. The molecule has 1 aliphatic heterocycles. The second-order valence-electron chi connectivity index (χ2n) is 3.87. The van der Waals surface area contributed by atoms with E-state index in [9.17, 15) is 4.79 Å². The van der Waals surface area contributed by atoms with Crippen molar-refractivity contribution in [3.63, 3.8) is 0 Å². The highest BCUT2D eigenvalue weighted by molar-refractivity contribution is 6.21. The van der Waals surface area contributed by atoms with Crippen LogP contribution in [0.4, 0.5) is 4.79 Å². The quantitative estimate of drug-likeness (QED) is 0.743. The summed E-state index contributed by atoms with van der Waals surface area (Å²) in [7, 11) is 0. The molecule has 1 heterocycles. The number of benzene rings is 1. The number of carbonyl (C=O) groups excluding carboxylic acids is 1. The standard InChI is InChI=1S/C12H14ClNO2/c13-11-6-7-14(8-11)12(15)16-9-10-4-2-1-3-5-10/h1-5,11H,6-9H2/t11-/m0/s1. The Balaban J connectivity index is 1.80. The van der Waals surface area contributed by atoms with Crippen LogP contribution in [0.2, 0.25) is 0 Å². The van der Waals surface area contributed by atoms with Gasteiger partial charge in [0.2, 0.25) is 0 Å². The van der Waals surface area contributed by atoms with E-state index < -0.39 is 0 Å². The maximum atomic E-state index is 11.6. The zero-order valence-electron chi connectivity index (χ0n) is 8.93. The van der Waals surface area contributed by atoms with E-state index in [1.165, 1.54) is 0 Å². The summed E-state index contributed by atoms with van der Waals surface area (Å²) in [5, 5.41) is 0.0734. The number of nitrogens with zero attached hydrogens (tertiary/aromatic N) is 1. The molecule has 0 aliphatic carbocycles. The summed E-state index contributed by atoms with van der Waals surface area (Å²) >= 11 is 5.92. The minimum Gasteiger partial charge on any atom is -0.445 e. The lowest BCUT2D eigenvalue weighted by atomic mass is 10.2. The molecule has 16 heavy (non-hydrogen) atoms. The lowest BCUT2D eigenvalue weighted by Crippen LogP contribution is -2.29. The van der Waals surface area contributed by atoms with Crippen molar-refractivity contribution in [2.45, 2.75) is 18.4 Å². The van der Waals surface area contributed by atoms with Crippen LogP contribution in [-0.4, -0.2) is 29.5 Å². The van der Waals surface area contributed by atoms with Gasteiger partial charge in [-0.15, -0.1) is 11.6 Å². The van der Waals surface area contributed by atoms with Crippen LogP contribution in [0, 0.1) is 0 Å². The summed E-state index contributed by atoms with van der Waals surface area (Å²) in [6.45, 7) is 1.61. The minimum absolute atomic E-state index is 0.0734. The van der Waals surface area contributed by atoms with Crippen LogP contribution in [0.1, 0.15) is 12.0 Å². The molecule has 4 heteroatoms. The van der Waals surface area contributed by atoms with Gasteiger partial charge in [0.15, 0.2) is 0 Å². The van der Waals surface area contributed by atoms with Crippen molar-refractivity contribution in [2.24, 2.45) is 0 Å². The van der Waals surface area contributed by atoms with Gasteiger partial charge in [0.05, 0.1) is 5.38 Å². The molecule has 0 N–H and O–H groups in total. The van der Waals surface area contributed by atoms with Crippen LogP contribution in [0.15, 0.2) is 30.3 Å². The average Bonchev–Trinajstić information content (AvgIpc) is 2.74. The Kier molecular flexibility index (Phi) is 3.67. The SMILES string of the molecule is O=C(OCc1ccccc1)N1CC[C@H](Cl)C1. The zero-order valence-corrected chi connectivity index (χ0v) is 9.69. The number of ether oxygens (including phenoxy) is 1. The molecular weight excluding hydrogens is 226 g/mol. The number of alkyl halides is 1. The Morgan fingerprint density at radius 1 is 1.44 bits per heavy atom. The van der Waals surface area contributed by atoms with Crippen molar-refractivity contribution in [1.82, 2.24) is 4.90 Å². The van der Waals surface area contributed by atoms with E-state index in [2.05, 4.69) is 0 Å². The molecule has 0 unspecified atom stereocenters. The fourth-order valence-corrected chi connectivity index (χ4v) is 1.96. The number of carbonyl (C=O) groups is 1. The number of likely N-dealkylation sites (tertiary alicyclic amines) is 1. The van der Waals surface area contributed by atoms with Gasteiger partial charge in [-0.3, -0.25) is 0 Å². The molecule has 3 nitrogen and oxygen atoms in total. The molecule has 86 valence electrons. The van der Waals surface area contributed by atoms with Crippen LogP contribution in [-0.2, 0) is 11.3 Å². The Labute approximate surface area is 100.0 Å². The molecule has 1 aliphatic rings. The van der Waals surface area contributed by atoms with E-state index >= 15 is 0 Å². The smallest absolute Gasteiger partial charge is 0.410 e.